The van der Waals surface area contributed by atoms with Gasteiger partial charge in [0.2, 0.25) is 0 Å². The molecule has 3 rings (SSSR count). The number of benzene rings is 2. The molecule has 1 heterocycles. The molecule has 0 spiro atoms. The maximum Gasteiger partial charge on any atom is 0.281 e. The highest BCUT2D eigenvalue weighted by Gasteiger charge is 2.37. The maximum atomic E-state index is 12.9. The molecule has 0 aromatic heterocycles. The Labute approximate surface area is 160 Å². The van der Waals surface area contributed by atoms with Crippen LogP contribution in [0.3, 0.4) is 0 Å². The Morgan fingerprint density at radius 1 is 1.26 bits per heavy atom. The number of nitro benzene ring substituents is 1. The predicted octanol–water partition coefficient (Wildman–Crippen LogP) is 2.91. The van der Waals surface area contributed by atoms with E-state index in [0.29, 0.717) is 5.69 Å². The number of nitrogens with zero attached hydrogens (tertiary/aromatic N) is 3. The molecule has 2 aromatic rings. The number of phenolic OH excluding ortho intramolecular Hbond substituents is 1. The van der Waals surface area contributed by atoms with E-state index in [4.69, 9.17) is 17.0 Å². The summed E-state index contributed by atoms with van der Waals surface area (Å²) in [6.07, 6.45) is 1.35. The molecule has 1 aliphatic heterocycles. The Balaban J connectivity index is 2.10. The van der Waals surface area contributed by atoms with Crippen molar-refractivity contribution in [1.29, 1.82) is 0 Å². The van der Waals surface area contributed by atoms with Crippen LogP contribution >= 0.6 is 12.2 Å². The average molecular weight is 385 g/mol. The van der Waals surface area contributed by atoms with E-state index in [1.54, 1.807) is 31.3 Å². The number of anilines is 1. The van der Waals surface area contributed by atoms with Crippen molar-refractivity contribution in [2.45, 2.75) is 0 Å². The number of phenols is 1. The average Bonchev–Trinajstić information content (AvgIpc) is 2.87. The van der Waals surface area contributed by atoms with Crippen LogP contribution < -0.4 is 9.64 Å². The summed E-state index contributed by atoms with van der Waals surface area (Å²) in [6.45, 7) is 0. The van der Waals surface area contributed by atoms with Gasteiger partial charge in [0.15, 0.2) is 16.6 Å². The number of aromatic hydroxyl groups is 1. The van der Waals surface area contributed by atoms with Gasteiger partial charge in [-0.3, -0.25) is 19.8 Å². The highest BCUT2D eigenvalue weighted by atomic mass is 32.1. The third-order valence-corrected chi connectivity index (χ3v) is 4.54. The van der Waals surface area contributed by atoms with E-state index < -0.39 is 10.8 Å². The van der Waals surface area contributed by atoms with E-state index in [9.17, 15) is 20.0 Å². The minimum absolute atomic E-state index is 0.0633. The lowest BCUT2D eigenvalue weighted by Gasteiger charge is -2.16. The van der Waals surface area contributed by atoms with Crippen LogP contribution in [0.15, 0.2) is 48.2 Å². The van der Waals surface area contributed by atoms with Crippen molar-refractivity contribution in [2.75, 3.05) is 19.1 Å². The van der Waals surface area contributed by atoms with E-state index >= 15 is 0 Å². The molecule has 2 aromatic carbocycles. The second-order valence-electron chi connectivity index (χ2n) is 5.69. The number of ether oxygens (including phenoxy) is 1. The van der Waals surface area contributed by atoms with Gasteiger partial charge in [0.25, 0.3) is 11.6 Å². The van der Waals surface area contributed by atoms with E-state index in [-0.39, 0.29) is 33.6 Å². The predicted molar refractivity (Wildman–Crippen MR) is 104 cm³/mol. The van der Waals surface area contributed by atoms with Crippen LogP contribution in [0.2, 0.25) is 0 Å². The number of para-hydroxylation sites is 1. The van der Waals surface area contributed by atoms with Crippen molar-refractivity contribution in [3.8, 4) is 11.5 Å². The Bertz CT molecular complexity index is 974. The molecule has 1 fully saturated rings. The molecule has 0 radical (unpaired) electrons. The van der Waals surface area contributed by atoms with Crippen LogP contribution in [0.5, 0.6) is 11.5 Å². The molecule has 1 saturated heterocycles. The van der Waals surface area contributed by atoms with Gasteiger partial charge in [-0.1, -0.05) is 18.2 Å². The molecule has 138 valence electrons. The number of hydrogen-bond acceptors (Lipinski definition) is 6. The fourth-order valence-electron chi connectivity index (χ4n) is 2.69. The molecule has 8 nitrogen and oxygen atoms in total. The number of non-ortho nitro benzene ring substituents is 1. The minimum Gasteiger partial charge on any atom is -0.504 e. The number of rotatable bonds is 4. The van der Waals surface area contributed by atoms with Gasteiger partial charge < -0.3 is 14.7 Å². The quantitative estimate of drug-likeness (QED) is 0.374. The molecule has 9 heteroatoms. The standard InChI is InChI=1S/C18H15N3O5S/c1-19-14(17(23)20(18(19)27)12-6-4-3-5-7-12)9-11-8-13(21(24)25)10-15(26-2)16(11)22/h3-10,22H,1-2H3/b14-9+. The summed E-state index contributed by atoms with van der Waals surface area (Å²) in [5.41, 5.74) is 0.575. The van der Waals surface area contributed by atoms with Gasteiger partial charge in [0, 0.05) is 18.7 Å². The van der Waals surface area contributed by atoms with Crippen LogP contribution in [-0.4, -0.2) is 40.1 Å². The first kappa shape index (κ1) is 18.3. The maximum absolute atomic E-state index is 12.9. The lowest BCUT2D eigenvalue weighted by molar-refractivity contribution is -0.385. The second kappa shape index (κ2) is 7.04. The van der Waals surface area contributed by atoms with Crippen LogP contribution in [0, 0.1) is 10.1 Å². The minimum atomic E-state index is -0.606. The molecule has 1 N–H and O–H groups in total. The Kier molecular flexibility index (Phi) is 4.78. The number of methoxy groups -OCH3 is 1. The summed E-state index contributed by atoms with van der Waals surface area (Å²) >= 11 is 5.36. The van der Waals surface area contributed by atoms with Crippen molar-refractivity contribution in [3.63, 3.8) is 0 Å². The first-order chi connectivity index (χ1) is 12.8. The van der Waals surface area contributed by atoms with Crippen LogP contribution in [-0.2, 0) is 4.79 Å². The van der Waals surface area contributed by atoms with Crippen LogP contribution in [0.1, 0.15) is 5.56 Å². The number of nitro groups is 1. The van der Waals surface area contributed by atoms with E-state index in [0.717, 1.165) is 6.07 Å². The van der Waals surface area contributed by atoms with Gasteiger partial charge in [-0.15, -0.1) is 0 Å². The summed E-state index contributed by atoms with van der Waals surface area (Å²) in [4.78, 5) is 26.3. The van der Waals surface area contributed by atoms with Crippen molar-refractivity contribution in [1.82, 2.24) is 4.90 Å². The van der Waals surface area contributed by atoms with Gasteiger partial charge >= 0.3 is 0 Å². The third kappa shape index (κ3) is 3.20. The Morgan fingerprint density at radius 3 is 2.52 bits per heavy atom. The summed E-state index contributed by atoms with van der Waals surface area (Å²) < 4.78 is 4.99. The SMILES string of the molecule is COc1cc([N+](=O)[O-])cc(/C=C2\C(=O)N(c3ccccc3)C(=S)N2C)c1O. The number of hydrogen-bond donors (Lipinski definition) is 1. The molecule has 0 atom stereocenters. The van der Waals surface area contributed by atoms with Crippen molar-refractivity contribution >= 4 is 40.7 Å². The summed E-state index contributed by atoms with van der Waals surface area (Å²) in [5, 5.41) is 21.7. The highest BCUT2D eigenvalue weighted by Crippen LogP contribution is 2.37. The van der Waals surface area contributed by atoms with E-state index in [1.165, 1.54) is 29.1 Å². The van der Waals surface area contributed by atoms with Gasteiger partial charge in [-0.05, 0) is 30.4 Å². The molecule has 1 aliphatic rings. The van der Waals surface area contributed by atoms with Gasteiger partial charge in [0.05, 0.1) is 23.8 Å². The molecule has 0 bridgehead atoms. The van der Waals surface area contributed by atoms with Crippen molar-refractivity contribution in [2.24, 2.45) is 0 Å². The number of likely N-dealkylation sites (N-methyl/N-ethyl adjacent to an activating group) is 1. The second-order valence-corrected chi connectivity index (χ2v) is 6.06. The smallest absolute Gasteiger partial charge is 0.281 e. The van der Waals surface area contributed by atoms with E-state index in [2.05, 4.69) is 0 Å². The van der Waals surface area contributed by atoms with Crippen molar-refractivity contribution in [3.05, 3.63) is 63.8 Å². The number of amides is 1. The van der Waals surface area contributed by atoms with Crippen LogP contribution in [0.4, 0.5) is 11.4 Å². The summed E-state index contributed by atoms with van der Waals surface area (Å²) in [5.74, 6) is -0.772. The summed E-state index contributed by atoms with van der Waals surface area (Å²) in [6, 6.07) is 11.2. The number of carbonyl (C=O) groups is 1. The third-order valence-electron chi connectivity index (χ3n) is 4.09. The first-order valence-corrected chi connectivity index (χ1v) is 8.20. The zero-order valence-electron chi connectivity index (χ0n) is 14.4. The Morgan fingerprint density at radius 2 is 1.93 bits per heavy atom. The topological polar surface area (TPSA) is 96.1 Å². The molecule has 27 heavy (non-hydrogen) atoms. The van der Waals surface area contributed by atoms with Crippen molar-refractivity contribution < 1.29 is 19.6 Å². The van der Waals surface area contributed by atoms with Gasteiger partial charge in [-0.25, -0.2) is 0 Å². The zero-order chi connectivity index (χ0) is 19.7. The first-order valence-electron chi connectivity index (χ1n) is 7.79. The largest absolute Gasteiger partial charge is 0.504 e. The van der Waals surface area contributed by atoms with Gasteiger partial charge in [-0.2, -0.15) is 0 Å². The lowest BCUT2D eigenvalue weighted by atomic mass is 10.1. The molecular formula is C18H15N3O5S. The lowest BCUT2D eigenvalue weighted by Crippen LogP contribution is -2.30. The molecular weight excluding hydrogens is 370 g/mol. The Hall–Kier alpha value is -3.46. The summed E-state index contributed by atoms with van der Waals surface area (Å²) in [7, 11) is 2.90. The molecule has 1 amide bonds. The van der Waals surface area contributed by atoms with E-state index in [1.807, 2.05) is 6.07 Å². The molecule has 0 saturated carbocycles. The fraction of sp³-hybridized carbons (Fsp3) is 0.111. The normalized spacial score (nSPS) is 15.6. The van der Waals surface area contributed by atoms with Gasteiger partial charge in [0.1, 0.15) is 5.70 Å². The molecule has 0 aliphatic carbocycles. The zero-order valence-corrected chi connectivity index (χ0v) is 15.3. The van der Waals surface area contributed by atoms with Crippen LogP contribution in [0.25, 0.3) is 6.08 Å². The fourth-order valence-corrected chi connectivity index (χ4v) is 2.98. The number of carbonyl (C=O) groups excluding carboxylic acids is 1. The number of thiocarbonyl (C=S) groups is 1. The molecule has 0 unspecified atom stereocenters. The monoisotopic (exact) mass is 385 g/mol. The highest BCUT2D eigenvalue weighted by molar-refractivity contribution is 7.80.